The SMILES string of the molecule is C=C/C=C(\c1nc(-c2n[nH]c3ccc(C(/C=C(\C=C)CCc4ccccc4)=C/C)nc23)[nH]c1C)N1CCN(C)CC1. The molecule has 41 heavy (non-hydrogen) atoms. The molecule has 4 heterocycles. The fraction of sp³-hybridized carbons (Fsp3) is 0.265. The number of imidazole rings is 1. The van der Waals surface area contributed by atoms with E-state index in [0.29, 0.717) is 11.5 Å². The Hall–Kier alpha value is -4.49. The van der Waals surface area contributed by atoms with Crippen LogP contribution in [0.1, 0.15) is 36.0 Å². The summed E-state index contributed by atoms with van der Waals surface area (Å²) in [6.45, 7) is 16.1. The zero-order valence-electron chi connectivity index (χ0n) is 24.3. The van der Waals surface area contributed by atoms with E-state index in [2.05, 4.69) is 94.6 Å². The van der Waals surface area contributed by atoms with Gasteiger partial charge in [-0.3, -0.25) is 5.10 Å². The van der Waals surface area contributed by atoms with Gasteiger partial charge in [-0.2, -0.15) is 5.10 Å². The average Bonchev–Trinajstić information content (AvgIpc) is 3.60. The number of likely N-dealkylation sites (N-methyl/N-ethyl adjacent to an activating group) is 1. The van der Waals surface area contributed by atoms with E-state index >= 15 is 0 Å². The Labute approximate surface area is 242 Å². The Morgan fingerprint density at radius 3 is 2.51 bits per heavy atom. The summed E-state index contributed by atoms with van der Waals surface area (Å²) < 4.78 is 0. The number of piperazine rings is 1. The molecule has 1 fully saturated rings. The lowest BCUT2D eigenvalue weighted by Crippen LogP contribution is -2.43. The molecule has 1 saturated heterocycles. The van der Waals surface area contributed by atoms with Crippen molar-refractivity contribution in [3.63, 3.8) is 0 Å². The number of hydrogen-bond donors (Lipinski definition) is 2. The third kappa shape index (κ3) is 6.31. The van der Waals surface area contributed by atoms with Gasteiger partial charge in [-0.1, -0.05) is 61.7 Å². The molecule has 0 atom stereocenters. The lowest BCUT2D eigenvalue weighted by atomic mass is 10.0. The Kier molecular flexibility index (Phi) is 8.75. The van der Waals surface area contributed by atoms with E-state index in [1.54, 1.807) is 0 Å². The predicted octanol–water partition coefficient (Wildman–Crippen LogP) is 6.58. The minimum absolute atomic E-state index is 0.699. The first-order chi connectivity index (χ1) is 20.0. The highest BCUT2D eigenvalue weighted by atomic mass is 15.3. The molecule has 2 N–H and O–H groups in total. The average molecular weight is 546 g/mol. The van der Waals surface area contributed by atoms with Crippen LogP contribution in [0.4, 0.5) is 0 Å². The summed E-state index contributed by atoms with van der Waals surface area (Å²) in [7, 11) is 2.16. The Balaban J connectivity index is 1.44. The molecule has 5 rings (SSSR count). The van der Waals surface area contributed by atoms with Crippen LogP contribution < -0.4 is 0 Å². The molecule has 0 aliphatic carbocycles. The van der Waals surface area contributed by atoms with E-state index < -0.39 is 0 Å². The number of aromatic amines is 2. The van der Waals surface area contributed by atoms with Gasteiger partial charge in [0.05, 0.1) is 16.9 Å². The van der Waals surface area contributed by atoms with Crippen molar-refractivity contribution in [3.8, 4) is 11.5 Å². The molecule has 4 aromatic rings. The molecule has 0 radical (unpaired) electrons. The molecule has 7 heteroatoms. The maximum atomic E-state index is 5.06. The minimum atomic E-state index is 0.699. The smallest absolute Gasteiger partial charge is 0.161 e. The first-order valence-electron chi connectivity index (χ1n) is 14.2. The van der Waals surface area contributed by atoms with Gasteiger partial charge in [0, 0.05) is 31.9 Å². The van der Waals surface area contributed by atoms with Gasteiger partial charge in [0.1, 0.15) is 11.2 Å². The molecule has 0 spiro atoms. The summed E-state index contributed by atoms with van der Waals surface area (Å²) in [5.41, 5.74) is 9.77. The number of rotatable bonds is 10. The second kappa shape index (κ2) is 12.8. The van der Waals surface area contributed by atoms with Crippen LogP contribution in [0.15, 0.2) is 91.6 Å². The van der Waals surface area contributed by atoms with Gasteiger partial charge in [-0.25, -0.2) is 9.97 Å². The summed E-state index contributed by atoms with van der Waals surface area (Å²) >= 11 is 0. The Bertz CT molecular complexity index is 1610. The van der Waals surface area contributed by atoms with Gasteiger partial charge in [0.25, 0.3) is 0 Å². The van der Waals surface area contributed by atoms with E-state index in [1.165, 1.54) is 11.1 Å². The number of pyridine rings is 1. The standard InChI is InChI=1S/C34H39N7/c1-6-12-30(41-21-19-40(5)20-22-41)31-24(4)35-34(37-31)33-32-29(38-39-33)18-17-28(36-32)27(8-3)23-25(7-2)15-16-26-13-10-9-11-14-26/h6-14,17-18,23H,1-2,15-16,19-22H2,3-5H3,(H,35,37)(H,38,39)/b25-23+,27-8+,30-12+. The van der Waals surface area contributed by atoms with Crippen LogP contribution in [0, 0.1) is 6.92 Å². The molecule has 3 aromatic heterocycles. The number of hydrogen-bond acceptors (Lipinski definition) is 5. The fourth-order valence-corrected chi connectivity index (χ4v) is 5.21. The van der Waals surface area contributed by atoms with E-state index in [-0.39, 0.29) is 0 Å². The van der Waals surface area contributed by atoms with Crippen molar-refractivity contribution in [2.24, 2.45) is 0 Å². The molecule has 0 amide bonds. The van der Waals surface area contributed by atoms with Crippen LogP contribution in [-0.2, 0) is 6.42 Å². The summed E-state index contributed by atoms with van der Waals surface area (Å²) in [4.78, 5) is 18.3. The van der Waals surface area contributed by atoms with Crippen molar-refractivity contribution in [3.05, 3.63) is 114 Å². The number of fused-ring (bicyclic) bond motifs is 1. The maximum absolute atomic E-state index is 5.06. The van der Waals surface area contributed by atoms with Crippen molar-refractivity contribution in [2.75, 3.05) is 33.2 Å². The zero-order valence-corrected chi connectivity index (χ0v) is 24.3. The number of allylic oxidation sites excluding steroid dienone is 7. The topological polar surface area (TPSA) is 76.7 Å². The zero-order chi connectivity index (χ0) is 28.8. The predicted molar refractivity (Wildman–Crippen MR) is 170 cm³/mol. The van der Waals surface area contributed by atoms with Crippen LogP contribution in [0.25, 0.3) is 33.8 Å². The monoisotopic (exact) mass is 545 g/mol. The second-order valence-corrected chi connectivity index (χ2v) is 10.5. The number of H-pyrrole nitrogens is 2. The number of nitrogens with zero attached hydrogens (tertiary/aromatic N) is 5. The third-order valence-electron chi connectivity index (χ3n) is 7.63. The van der Waals surface area contributed by atoms with Gasteiger partial charge < -0.3 is 14.8 Å². The van der Waals surface area contributed by atoms with Crippen LogP contribution in [0.3, 0.4) is 0 Å². The van der Waals surface area contributed by atoms with E-state index in [9.17, 15) is 0 Å². The minimum Gasteiger partial charge on any atom is -0.367 e. The first-order valence-corrected chi connectivity index (χ1v) is 14.2. The van der Waals surface area contributed by atoms with Gasteiger partial charge in [0.2, 0.25) is 0 Å². The molecule has 0 saturated carbocycles. The normalized spacial score (nSPS) is 15.5. The fourth-order valence-electron chi connectivity index (χ4n) is 5.21. The van der Waals surface area contributed by atoms with E-state index in [4.69, 9.17) is 9.97 Å². The molecule has 7 nitrogen and oxygen atoms in total. The Morgan fingerprint density at radius 1 is 1.02 bits per heavy atom. The van der Waals surface area contributed by atoms with Gasteiger partial charge in [-0.15, -0.1) is 0 Å². The van der Waals surface area contributed by atoms with Gasteiger partial charge >= 0.3 is 0 Å². The van der Waals surface area contributed by atoms with Crippen molar-refractivity contribution in [1.29, 1.82) is 0 Å². The number of nitrogens with one attached hydrogen (secondary N) is 2. The molecule has 0 unspecified atom stereocenters. The molecular formula is C34H39N7. The number of aryl methyl sites for hydroxylation is 2. The highest BCUT2D eigenvalue weighted by molar-refractivity contribution is 5.90. The highest BCUT2D eigenvalue weighted by Crippen LogP contribution is 2.30. The molecule has 0 bridgehead atoms. The second-order valence-electron chi connectivity index (χ2n) is 10.5. The van der Waals surface area contributed by atoms with Crippen LogP contribution in [0.2, 0.25) is 0 Å². The van der Waals surface area contributed by atoms with E-state index in [0.717, 1.165) is 78.4 Å². The summed E-state index contributed by atoms with van der Waals surface area (Å²) in [6.07, 6.45) is 12.0. The van der Waals surface area contributed by atoms with Crippen molar-refractivity contribution >= 4 is 22.3 Å². The van der Waals surface area contributed by atoms with Crippen LogP contribution >= 0.6 is 0 Å². The summed E-state index contributed by atoms with van der Waals surface area (Å²) in [5, 5.41) is 7.76. The molecule has 1 aliphatic rings. The van der Waals surface area contributed by atoms with Crippen LogP contribution in [-0.4, -0.2) is 68.2 Å². The highest BCUT2D eigenvalue weighted by Gasteiger charge is 2.23. The number of benzene rings is 1. The third-order valence-corrected chi connectivity index (χ3v) is 7.63. The Morgan fingerprint density at radius 2 is 1.80 bits per heavy atom. The van der Waals surface area contributed by atoms with Crippen molar-refractivity contribution in [2.45, 2.75) is 26.7 Å². The van der Waals surface area contributed by atoms with Gasteiger partial charge in [-0.05, 0) is 74.7 Å². The molecule has 210 valence electrons. The number of aromatic nitrogens is 5. The quantitative estimate of drug-likeness (QED) is 0.220. The van der Waals surface area contributed by atoms with Crippen molar-refractivity contribution < 1.29 is 0 Å². The largest absolute Gasteiger partial charge is 0.367 e. The first kappa shape index (κ1) is 28.1. The molecule has 1 aromatic carbocycles. The summed E-state index contributed by atoms with van der Waals surface area (Å²) in [6, 6.07) is 14.6. The van der Waals surface area contributed by atoms with E-state index in [1.807, 2.05) is 37.3 Å². The molecular weight excluding hydrogens is 506 g/mol. The molecule has 1 aliphatic heterocycles. The lowest BCUT2D eigenvalue weighted by molar-refractivity contribution is 0.207. The lowest BCUT2D eigenvalue weighted by Gasteiger charge is -2.35. The van der Waals surface area contributed by atoms with Gasteiger partial charge in [0.15, 0.2) is 11.5 Å². The van der Waals surface area contributed by atoms with Crippen LogP contribution in [0.5, 0.6) is 0 Å². The summed E-state index contributed by atoms with van der Waals surface area (Å²) in [5.74, 6) is 0.699. The van der Waals surface area contributed by atoms with Crippen molar-refractivity contribution in [1.82, 2.24) is 34.9 Å². The maximum Gasteiger partial charge on any atom is 0.161 e.